The lowest BCUT2D eigenvalue weighted by atomic mass is 9.91. The number of aliphatic hydroxyl groups excluding tert-OH is 1. The summed E-state index contributed by atoms with van der Waals surface area (Å²) in [6, 6.07) is 5.76. The van der Waals surface area contributed by atoms with Crippen LogP contribution in [0.2, 0.25) is 5.02 Å². The summed E-state index contributed by atoms with van der Waals surface area (Å²) in [4.78, 5) is 32.1. The Kier molecular flexibility index (Phi) is 6.37. The number of carbonyl (C=O) groups excluding carboxylic acids is 2. The first kappa shape index (κ1) is 22.1. The van der Waals surface area contributed by atoms with Crippen LogP contribution in [0.4, 0.5) is 0 Å². The summed E-state index contributed by atoms with van der Waals surface area (Å²) in [6.07, 6.45) is 7.99. The van der Waals surface area contributed by atoms with E-state index in [-0.39, 0.29) is 33.7 Å². The zero-order valence-electron chi connectivity index (χ0n) is 18.0. The third-order valence-corrected chi connectivity index (χ3v) is 6.49. The second-order valence-corrected chi connectivity index (χ2v) is 8.37. The molecule has 32 heavy (non-hydrogen) atoms. The van der Waals surface area contributed by atoms with Crippen molar-refractivity contribution in [1.29, 1.82) is 0 Å². The van der Waals surface area contributed by atoms with Crippen LogP contribution in [0.25, 0.3) is 5.76 Å². The van der Waals surface area contributed by atoms with E-state index < -0.39 is 17.7 Å². The van der Waals surface area contributed by atoms with Crippen molar-refractivity contribution >= 4 is 29.1 Å². The van der Waals surface area contributed by atoms with E-state index in [0.717, 1.165) is 32.1 Å². The minimum atomic E-state index is -0.719. The summed E-state index contributed by atoms with van der Waals surface area (Å²) in [7, 11) is 2.92. The van der Waals surface area contributed by atoms with Gasteiger partial charge < -0.3 is 19.5 Å². The molecule has 1 aliphatic heterocycles. The number of methoxy groups -OCH3 is 2. The standard InChI is InChI=1S/C24H25ClN2O5/c1-31-18-13-19(32-2)17(25)12-16(18)22(28)20-21(14-8-10-26-11-9-14)27(24(30)23(20)29)15-6-4-3-5-7-15/h8-13,15,21,28H,3-7H2,1-2H3/b22-20+. The SMILES string of the molecule is COc1cc(OC)c(/C(O)=C2\C(=O)C(=O)N(C3CCCCC3)C2c2ccncc2)cc1Cl. The molecular weight excluding hydrogens is 432 g/mol. The monoisotopic (exact) mass is 456 g/mol. The fraction of sp³-hybridized carbons (Fsp3) is 0.375. The first-order valence-corrected chi connectivity index (χ1v) is 11.0. The van der Waals surface area contributed by atoms with Gasteiger partial charge in [-0.3, -0.25) is 14.6 Å². The van der Waals surface area contributed by atoms with Crippen molar-refractivity contribution in [1.82, 2.24) is 9.88 Å². The van der Waals surface area contributed by atoms with Gasteiger partial charge in [-0.15, -0.1) is 0 Å². The summed E-state index contributed by atoms with van der Waals surface area (Å²) in [6.45, 7) is 0. The smallest absolute Gasteiger partial charge is 0.295 e. The number of amides is 1. The molecular formula is C24H25ClN2O5. The van der Waals surface area contributed by atoms with Gasteiger partial charge in [0.25, 0.3) is 11.7 Å². The number of benzene rings is 1. The highest BCUT2D eigenvalue weighted by Gasteiger charge is 2.49. The van der Waals surface area contributed by atoms with Crippen molar-refractivity contribution in [2.75, 3.05) is 14.2 Å². The fourth-order valence-electron chi connectivity index (χ4n) is 4.65. The van der Waals surface area contributed by atoms with Gasteiger partial charge in [0.1, 0.15) is 17.3 Å². The Labute approximate surface area is 191 Å². The summed E-state index contributed by atoms with van der Waals surface area (Å²) >= 11 is 6.29. The Hall–Kier alpha value is -3.06. The first-order valence-electron chi connectivity index (χ1n) is 10.6. The number of aliphatic hydroxyl groups is 1. The highest BCUT2D eigenvalue weighted by molar-refractivity contribution is 6.46. The van der Waals surface area contributed by atoms with Gasteiger partial charge in [-0.1, -0.05) is 30.9 Å². The van der Waals surface area contributed by atoms with E-state index in [1.165, 1.54) is 26.4 Å². The van der Waals surface area contributed by atoms with E-state index in [2.05, 4.69) is 4.98 Å². The third-order valence-electron chi connectivity index (χ3n) is 6.20. The van der Waals surface area contributed by atoms with Crippen LogP contribution < -0.4 is 9.47 Å². The van der Waals surface area contributed by atoms with Crippen molar-refractivity contribution < 1.29 is 24.2 Å². The lowest BCUT2D eigenvalue weighted by Gasteiger charge is -2.35. The van der Waals surface area contributed by atoms with Gasteiger partial charge in [0.05, 0.1) is 36.4 Å². The molecule has 168 valence electrons. The minimum Gasteiger partial charge on any atom is -0.507 e. The molecule has 2 heterocycles. The highest BCUT2D eigenvalue weighted by atomic mass is 35.5. The predicted octanol–water partition coefficient (Wildman–Crippen LogP) is 4.51. The molecule has 0 bridgehead atoms. The molecule has 1 saturated heterocycles. The number of hydrogen-bond acceptors (Lipinski definition) is 6. The lowest BCUT2D eigenvalue weighted by Crippen LogP contribution is -2.40. The molecule has 1 aliphatic carbocycles. The number of Topliss-reactive ketones (excluding diaryl/α,β-unsaturated/α-hetero) is 1. The molecule has 0 spiro atoms. The van der Waals surface area contributed by atoms with Crippen LogP contribution in [-0.2, 0) is 9.59 Å². The van der Waals surface area contributed by atoms with Gasteiger partial charge in [0.15, 0.2) is 0 Å². The zero-order valence-corrected chi connectivity index (χ0v) is 18.8. The summed E-state index contributed by atoms with van der Waals surface area (Å²) in [5.74, 6) is -0.998. The molecule has 1 saturated carbocycles. The fourth-order valence-corrected chi connectivity index (χ4v) is 4.89. The van der Waals surface area contributed by atoms with Gasteiger partial charge in [0.2, 0.25) is 0 Å². The van der Waals surface area contributed by atoms with Crippen LogP contribution in [0.1, 0.15) is 49.3 Å². The molecule has 2 aromatic rings. The molecule has 1 unspecified atom stereocenters. The molecule has 2 aliphatic rings. The summed E-state index contributed by atoms with van der Waals surface area (Å²) < 4.78 is 10.6. The second-order valence-electron chi connectivity index (χ2n) is 7.97. The van der Waals surface area contributed by atoms with Gasteiger partial charge in [-0.2, -0.15) is 0 Å². The van der Waals surface area contributed by atoms with Crippen LogP contribution in [0.3, 0.4) is 0 Å². The van der Waals surface area contributed by atoms with Gasteiger partial charge in [-0.05, 0) is 36.6 Å². The summed E-state index contributed by atoms with van der Waals surface area (Å²) in [5, 5.41) is 11.6. The summed E-state index contributed by atoms with van der Waals surface area (Å²) in [5.41, 5.74) is 0.954. The van der Waals surface area contributed by atoms with E-state index in [4.69, 9.17) is 21.1 Å². The number of likely N-dealkylation sites (tertiary alicyclic amines) is 1. The number of ketones is 1. The van der Waals surface area contributed by atoms with Crippen LogP contribution in [0, 0.1) is 0 Å². The van der Waals surface area contributed by atoms with E-state index in [9.17, 15) is 14.7 Å². The lowest BCUT2D eigenvalue weighted by molar-refractivity contribution is -0.141. The van der Waals surface area contributed by atoms with E-state index >= 15 is 0 Å². The minimum absolute atomic E-state index is 0.0197. The van der Waals surface area contributed by atoms with Crippen LogP contribution in [0.5, 0.6) is 11.5 Å². The molecule has 1 aromatic heterocycles. The maximum absolute atomic E-state index is 13.2. The Morgan fingerprint density at radius 1 is 1.06 bits per heavy atom. The Morgan fingerprint density at radius 2 is 1.72 bits per heavy atom. The van der Waals surface area contributed by atoms with E-state index in [0.29, 0.717) is 11.3 Å². The Morgan fingerprint density at radius 3 is 2.34 bits per heavy atom. The molecule has 0 radical (unpaired) electrons. The molecule has 1 aromatic carbocycles. The molecule has 2 fully saturated rings. The number of aromatic nitrogens is 1. The molecule has 1 N–H and O–H groups in total. The number of nitrogens with zero attached hydrogens (tertiary/aromatic N) is 2. The molecule has 7 nitrogen and oxygen atoms in total. The van der Waals surface area contributed by atoms with Gasteiger partial charge in [0, 0.05) is 24.5 Å². The quantitative estimate of drug-likeness (QED) is 0.404. The average Bonchev–Trinajstić information content (AvgIpc) is 3.10. The number of halogens is 1. The predicted molar refractivity (Wildman–Crippen MR) is 120 cm³/mol. The first-order chi connectivity index (χ1) is 15.5. The van der Waals surface area contributed by atoms with Crippen molar-refractivity contribution in [2.45, 2.75) is 44.2 Å². The normalized spacial score (nSPS) is 21.1. The maximum Gasteiger partial charge on any atom is 0.295 e. The second kappa shape index (κ2) is 9.20. The molecule has 1 amide bonds. The van der Waals surface area contributed by atoms with Gasteiger partial charge >= 0.3 is 0 Å². The van der Waals surface area contributed by atoms with E-state index in [1.54, 1.807) is 29.4 Å². The van der Waals surface area contributed by atoms with Crippen molar-refractivity contribution in [3.05, 3.63) is 58.4 Å². The van der Waals surface area contributed by atoms with E-state index in [1.807, 2.05) is 0 Å². The highest BCUT2D eigenvalue weighted by Crippen LogP contribution is 2.45. The molecule has 1 atom stereocenters. The molecule has 4 rings (SSSR count). The zero-order chi connectivity index (χ0) is 22.8. The number of hydrogen-bond donors (Lipinski definition) is 1. The number of ether oxygens (including phenoxy) is 2. The number of carbonyl (C=O) groups is 2. The van der Waals surface area contributed by atoms with Crippen molar-refractivity contribution in [3.8, 4) is 11.5 Å². The van der Waals surface area contributed by atoms with Crippen molar-refractivity contribution in [2.24, 2.45) is 0 Å². The molecule has 8 heteroatoms. The Balaban J connectivity index is 1.91. The topological polar surface area (TPSA) is 89.0 Å². The van der Waals surface area contributed by atoms with Crippen LogP contribution in [-0.4, -0.2) is 46.9 Å². The number of rotatable bonds is 5. The van der Waals surface area contributed by atoms with Crippen LogP contribution in [0.15, 0.2) is 42.2 Å². The maximum atomic E-state index is 13.2. The number of pyridine rings is 1. The Bertz CT molecular complexity index is 1060. The largest absolute Gasteiger partial charge is 0.507 e. The average molecular weight is 457 g/mol. The van der Waals surface area contributed by atoms with Gasteiger partial charge in [-0.25, -0.2) is 0 Å². The third kappa shape index (κ3) is 3.81. The van der Waals surface area contributed by atoms with Crippen LogP contribution >= 0.6 is 11.6 Å². The van der Waals surface area contributed by atoms with Crippen molar-refractivity contribution in [3.63, 3.8) is 0 Å².